The van der Waals surface area contributed by atoms with E-state index in [9.17, 15) is 9.18 Å². The summed E-state index contributed by atoms with van der Waals surface area (Å²) in [6.07, 6.45) is 0.751. The normalized spacial score (nSPS) is 12.2. The lowest BCUT2D eigenvalue weighted by Gasteiger charge is -2.05. The van der Waals surface area contributed by atoms with Crippen molar-refractivity contribution in [3.8, 4) is 10.4 Å². The van der Waals surface area contributed by atoms with Gasteiger partial charge in [-0.1, -0.05) is 12.1 Å². The van der Waals surface area contributed by atoms with Gasteiger partial charge in [0.1, 0.15) is 5.82 Å². The van der Waals surface area contributed by atoms with E-state index >= 15 is 0 Å². The summed E-state index contributed by atoms with van der Waals surface area (Å²) in [5.74, 6) is -0.348. The highest BCUT2D eigenvalue weighted by atomic mass is 32.1. The maximum atomic E-state index is 13.0. The van der Waals surface area contributed by atoms with E-state index in [0.29, 0.717) is 11.4 Å². The third-order valence-electron chi connectivity index (χ3n) is 3.13. The number of carbonyl (C=O) groups is 1. The predicted molar refractivity (Wildman–Crippen MR) is 85.0 cm³/mol. The summed E-state index contributed by atoms with van der Waals surface area (Å²) >= 11 is 1.42. The molecule has 1 unspecified atom stereocenters. The molecule has 0 bridgehead atoms. The molecule has 1 heterocycles. The van der Waals surface area contributed by atoms with Gasteiger partial charge < -0.3 is 11.1 Å². The number of nitrogens with one attached hydrogen (secondary N) is 1. The summed E-state index contributed by atoms with van der Waals surface area (Å²) in [6, 6.07) is 8.25. The predicted octanol–water partition coefficient (Wildman–Crippen LogP) is 3.33. The lowest BCUT2D eigenvalue weighted by Crippen LogP contribution is -2.28. The van der Waals surface area contributed by atoms with Crippen molar-refractivity contribution in [3.63, 3.8) is 0 Å². The van der Waals surface area contributed by atoms with Crippen molar-refractivity contribution in [2.45, 2.75) is 26.3 Å². The van der Waals surface area contributed by atoms with E-state index in [1.807, 2.05) is 19.9 Å². The van der Waals surface area contributed by atoms with Crippen LogP contribution in [0.15, 0.2) is 30.3 Å². The first kappa shape index (κ1) is 15.7. The molecule has 0 fully saturated rings. The number of carbonyl (C=O) groups excluding carboxylic acids is 1. The van der Waals surface area contributed by atoms with E-state index in [1.54, 1.807) is 12.1 Å². The minimum Gasteiger partial charge on any atom is -0.351 e. The molecular formula is C16H19FN2OS. The van der Waals surface area contributed by atoms with Gasteiger partial charge in [-0.25, -0.2) is 4.39 Å². The van der Waals surface area contributed by atoms with Gasteiger partial charge in [-0.15, -0.1) is 11.3 Å². The third-order valence-corrected chi connectivity index (χ3v) is 4.42. The molecule has 1 atom stereocenters. The Hall–Kier alpha value is -1.72. The smallest absolute Gasteiger partial charge is 0.261 e. The molecule has 0 aliphatic rings. The van der Waals surface area contributed by atoms with Crippen molar-refractivity contribution in [1.82, 2.24) is 5.32 Å². The molecule has 2 aromatic rings. The van der Waals surface area contributed by atoms with Crippen LogP contribution in [0.4, 0.5) is 4.39 Å². The Morgan fingerprint density at radius 3 is 2.67 bits per heavy atom. The number of aryl methyl sites for hydroxylation is 1. The molecule has 2 rings (SSSR count). The molecule has 1 aromatic heterocycles. The summed E-state index contributed by atoms with van der Waals surface area (Å²) < 4.78 is 13.0. The summed E-state index contributed by atoms with van der Waals surface area (Å²) in [6.45, 7) is 4.43. The molecule has 3 nitrogen and oxygen atoms in total. The lowest BCUT2D eigenvalue weighted by atomic mass is 10.1. The van der Waals surface area contributed by atoms with E-state index < -0.39 is 0 Å². The Morgan fingerprint density at radius 1 is 1.38 bits per heavy atom. The first-order valence-electron chi connectivity index (χ1n) is 6.87. The maximum absolute atomic E-state index is 13.0. The number of thiophene rings is 1. The van der Waals surface area contributed by atoms with Crippen LogP contribution in [-0.2, 0) is 0 Å². The Bertz CT molecular complexity index is 620. The highest BCUT2D eigenvalue weighted by molar-refractivity contribution is 7.17. The average Bonchev–Trinajstić information content (AvgIpc) is 2.81. The molecular weight excluding hydrogens is 287 g/mol. The number of hydrogen-bond acceptors (Lipinski definition) is 3. The quantitative estimate of drug-likeness (QED) is 0.890. The molecule has 1 aromatic carbocycles. The van der Waals surface area contributed by atoms with Crippen molar-refractivity contribution in [1.29, 1.82) is 0 Å². The molecule has 0 saturated carbocycles. The topological polar surface area (TPSA) is 55.1 Å². The van der Waals surface area contributed by atoms with Crippen molar-refractivity contribution in [2.75, 3.05) is 6.54 Å². The second-order valence-electron chi connectivity index (χ2n) is 5.15. The van der Waals surface area contributed by atoms with Crippen LogP contribution in [0.3, 0.4) is 0 Å². The van der Waals surface area contributed by atoms with E-state index in [1.165, 1.54) is 23.5 Å². The third kappa shape index (κ3) is 4.12. The Morgan fingerprint density at radius 2 is 2.05 bits per heavy atom. The summed E-state index contributed by atoms with van der Waals surface area (Å²) in [5, 5.41) is 2.86. The molecule has 3 N–H and O–H groups in total. The molecule has 112 valence electrons. The first-order valence-corrected chi connectivity index (χ1v) is 7.69. The van der Waals surface area contributed by atoms with Crippen LogP contribution in [-0.4, -0.2) is 18.5 Å². The molecule has 21 heavy (non-hydrogen) atoms. The van der Waals surface area contributed by atoms with Crippen LogP contribution < -0.4 is 11.1 Å². The number of rotatable bonds is 5. The van der Waals surface area contributed by atoms with E-state index in [4.69, 9.17) is 5.73 Å². The number of halogens is 1. The van der Waals surface area contributed by atoms with E-state index in [0.717, 1.165) is 22.4 Å². The number of amides is 1. The average molecular weight is 306 g/mol. The fourth-order valence-electron chi connectivity index (χ4n) is 1.98. The van der Waals surface area contributed by atoms with Gasteiger partial charge in [-0.05, 0) is 49.6 Å². The second-order valence-corrected chi connectivity index (χ2v) is 6.20. The SMILES string of the molecule is Cc1cc(C(=O)NCCC(C)N)sc1-c1ccc(F)cc1. The Balaban J connectivity index is 2.11. The van der Waals surface area contributed by atoms with Gasteiger partial charge >= 0.3 is 0 Å². The largest absolute Gasteiger partial charge is 0.351 e. The van der Waals surface area contributed by atoms with Gasteiger partial charge in [0.25, 0.3) is 5.91 Å². The van der Waals surface area contributed by atoms with Crippen molar-refractivity contribution in [3.05, 3.63) is 46.6 Å². The van der Waals surface area contributed by atoms with Gasteiger partial charge in [0.15, 0.2) is 0 Å². The summed E-state index contributed by atoms with van der Waals surface area (Å²) in [5.41, 5.74) is 7.60. The zero-order valence-electron chi connectivity index (χ0n) is 12.2. The number of benzene rings is 1. The first-order chi connectivity index (χ1) is 9.97. The van der Waals surface area contributed by atoms with Crippen LogP contribution in [0.25, 0.3) is 10.4 Å². The summed E-state index contributed by atoms with van der Waals surface area (Å²) in [4.78, 5) is 13.7. The molecule has 0 radical (unpaired) electrons. The molecule has 1 amide bonds. The lowest BCUT2D eigenvalue weighted by molar-refractivity contribution is 0.0957. The van der Waals surface area contributed by atoms with Crippen molar-refractivity contribution < 1.29 is 9.18 Å². The van der Waals surface area contributed by atoms with Gasteiger partial charge in [0, 0.05) is 17.5 Å². The van der Waals surface area contributed by atoms with E-state index in [-0.39, 0.29) is 17.8 Å². The molecule has 0 aliphatic heterocycles. The standard InChI is InChI=1S/C16H19FN2OS/c1-10-9-14(16(20)19-8-7-11(2)18)21-15(10)12-3-5-13(17)6-4-12/h3-6,9,11H,7-8,18H2,1-2H3,(H,19,20). The molecule has 0 saturated heterocycles. The zero-order valence-corrected chi connectivity index (χ0v) is 13.0. The highest BCUT2D eigenvalue weighted by Crippen LogP contribution is 2.32. The van der Waals surface area contributed by atoms with Crippen LogP contribution in [0.5, 0.6) is 0 Å². The molecule has 0 spiro atoms. The van der Waals surface area contributed by atoms with E-state index in [2.05, 4.69) is 5.32 Å². The molecule has 0 aliphatic carbocycles. The minimum absolute atomic E-state index is 0.0742. The van der Waals surface area contributed by atoms with Crippen molar-refractivity contribution >= 4 is 17.2 Å². The maximum Gasteiger partial charge on any atom is 0.261 e. The zero-order chi connectivity index (χ0) is 15.4. The fraction of sp³-hybridized carbons (Fsp3) is 0.312. The van der Waals surface area contributed by atoms with Crippen LogP contribution in [0.2, 0.25) is 0 Å². The van der Waals surface area contributed by atoms with Crippen LogP contribution in [0, 0.1) is 12.7 Å². The fourth-order valence-corrected chi connectivity index (χ4v) is 3.08. The van der Waals surface area contributed by atoms with Crippen molar-refractivity contribution in [2.24, 2.45) is 5.73 Å². The van der Waals surface area contributed by atoms with Crippen LogP contribution in [0.1, 0.15) is 28.6 Å². The number of hydrogen-bond donors (Lipinski definition) is 2. The van der Waals surface area contributed by atoms with Gasteiger partial charge in [0.05, 0.1) is 4.88 Å². The minimum atomic E-state index is -0.262. The Labute approximate surface area is 128 Å². The molecule has 5 heteroatoms. The highest BCUT2D eigenvalue weighted by Gasteiger charge is 2.13. The summed E-state index contributed by atoms with van der Waals surface area (Å²) in [7, 11) is 0. The van der Waals surface area contributed by atoms with Gasteiger partial charge in [0.2, 0.25) is 0 Å². The monoisotopic (exact) mass is 306 g/mol. The number of nitrogens with two attached hydrogens (primary N) is 1. The van der Waals surface area contributed by atoms with Crippen LogP contribution >= 0.6 is 11.3 Å². The second kappa shape index (κ2) is 6.83. The van der Waals surface area contributed by atoms with Gasteiger partial charge in [-0.3, -0.25) is 4.79 Å². The Kier molecular flexibility index (Phi) is 5.09. The van der Waals surface area contributed by atoms with Gasteiger partial charge in [-0.2, -0.15) is 0 Å².